The molecule has 0 aromatic carbocycles. The molecule has 12 heteroatoms. The second-order valence-electron chi connectivity index (χ2n) is 22.4. The molecular weight excluding hydrogens is 1020 g/mol. The molecule has 0 amide bonds. The lowest BCUT2D eigenvalue weighted by molar-refractivity contribution is -0.301. The van der Waals surface area contributed by atoms with E-state index in [0.29, 0.717) is 19.3 Å². The van der Waals surface area contributed by atoms with Gasteiger partial charge in [0.15, 0.2) is 24.6 Å². The third-order valence-corrected chi connectivity index (χ3v) is 14.7. The van der Waals surface area contributed by atoms with E-state index in [0.717, 1.165) is 122 Å². The maximum atomic E-state index is 13.2. The van der Waals surface area contributed by atoms with Crippen LogP contribution in [0.3, 0.4) is 0 Å². The van der Waals surface area contributed by atoms with Gasteiger partial charge in [-0.25, -0.2) is 4.79 Å². The van der Waals surface area contributed by atoms with Gasteiger partial charge in [-0.05, 0) is 116 Å². The summed E-state index contributed by atoms with van der Waals surface area (Å²) in [7, 11) is 0. The van der Waals surface area contributed by atoms with Crippen LogP contribution >= 0.6 is 0 Å². The molecule has 0 aromatic rings. The summed E-state index contributed by atoms with van der Waals surface area (Å²) in [5.74, 6) is -3.14. The lowest BCUT2D eigenvalue weighted by atomic mass is 9.98. The molecule has 6 unspecified atom stereocenters. The summed E-state index contributed by atoms with van der Waals surface area (Å²) in [5.41, 5.74) is 0. The number of hydrogen-bond acceptors (Lipinski definition) is 11. The van der Waals surface area contributed by atoms with Gasteiger partial charge in [-0.1, -0.05) is 229 Å². The number of aliphatic carboxylic acids is 1. The highest BCUT2D eigenvalue weighted by Gasteiger charge is 2.50. The number of carbonyl (C=O) groups is 4. The number of aliphatic hydroxyl groups excluding tert-OH is 2. The fourth-order valence-corrected chi connectivity index (χ4v) is 9.64. The Labute approximate surface area is 493 Å². The Kier molecular flexibility index (Phi) is 52.6. The molecule has 0 spiro atoms. The first-order chi connectivity index (χ1) is 39.6. The van der Waals surface area contributed by atoms with Gasteiger partial charge in [0.25, 0.3) is 0 Å². The van der Waals surface area contributed by atoms with E-state index >= 15 is 0 Å². The molecule has 12 nitrogen and oxygen atoms in total. The van der Waals surface area contributed by atoms with E-state index in [1.54, 1.807) is 0 Å². The number of hydrogen-bond donors (Lipinski definition) is 3. The second kappa shape index (κ2) is 56.6. The number of aliphatic hydroxyl groups is 2. The predicted octanol–water partition coefficient (Wildman–Crippen LogP) is 17.7. The van der Waals surface area contributed by atoms with E-state index in [2.05, 4.69) is 93.7 Å². The smallest absolute Gasteiger partial charge is 0.335 e. The molecule has 3 N–H and O–H groups in total. The number of unbranched alkanes of at least 4 members (excludes halogenated alkanes) is 30. The Balaban J connectivity index is 2.65. The minimum Gasteiger partial charge on any atom is -0.479 e. The van der Waals surface area contributed by atoms with Crippen molar-refractivity contribution in [2.75, 3.05) is 13.2 Å². The van der Waals surface area contributed by atoms with Crippen LogP contribution in [0.2, 0.25) is 0 Å². The molecular formula is C69H118O12. The Morgan fingerprint density at radius 1 is 0.407 bits per heavy atom. The lowest BCUT2D eigenvalue weighted by Crippen LogP contribution is -2.61. The summed E-state index contributed by atoms with van der Waals surface area (Å²) >= 11 is 0. The highest BCUT2D eigenvalue weighted by Crippen LogP contribution is 2.27. The van der Waals surface area contributed by atoms with Crippen molar-refractivity contribution in [3.05, 3.63) is 72.9 Å². The van der Waals surface area contributed by atoms with E-state index in [9.17, 15) is 34.5 Å². The van der Waals surface area contributed by atoms with Crippen molar-refractivity contribution < 1.29 is 58.2 Å². The van der Waals surface area contributed by atoms with Crippen LogP contribution in [0.15, 0.2) is 72.9 Å². The van der Waals surface area contributed by atoms with E-state index in [4.69, 9.17) is 23.7 Å². The van der Waals surface area contributed by atoms with Gasteiger partial charge in [0.05, 0.1) is 6.61 Å². The fraction of sp³-hybridized carbons (Fsp3) is 0.768. The number of allylic oxidation sites excluding steroid dienone is 12. The van der Waals surface area contributed by atoms with E-state index in [1.807, 2.05) is 0 Å². The number of esters is 3. The Hall–Kier alpha value is -3.84. The van der Waals surface area contributed by atoms with Gasteiger partial charge in [-0.15, -0.1) is 0 Å². The van der Waals surface area contributed by atoms with Crippen molar-refractivity contribution in [3.63, 3.8) is 0 Å². The van der Waals surface area contributed by atoms with Crippen LogP contribution < -0.4 is 0 Å². The van der Waals surface area contributed by atoms with Crippen molar-refractivity contribution in [1.82, 2.24) is 0 Å². The van der Waals surface area contributed by atoms with Crippen LogP contribution in [0, 0.1) is 0 Å². The molecule has 1 heterocycles. The molecule has 0 radical (unpaired) electrons. The predicted molar refractivity (Wildman–Crippen MR) is 331 cm³/mol. The standard InChI is InChI=1S/C69H118O12/c1-4-7-10-13-16-19-22-25-27-29-31-33-35-38-40-43-46-49-52-55-61(70)77-58-60(79-62(71)56-53-50-47-44-41-37-24-21-18-15-12-9-6-3)59-78-69-67(65(74)64(73)66(81-69)68(75)76)80-63(72)57-54-51-48-45-42-39-36-34-32-30-28-26-23-20-17-14-11-8-5-2/h16-17,19-21,24-28,32,34,60,64-67,69,73-74H,4-15,18,22-23,29-31,33,35-59H2,1-3H3,(H,75,76)/b19-16-,20-17-,24-21-,27-25-,28-26-,34-32-. The van der Waals surface area contributed by atoms with Crippen LogP contribution in [-0.2, 0) is 42.9 Å². The van der Waals surface area contributed by atoms with Gasteiger partial charge in [0.1, 0.15) is 18.8 Å². The molecule has 0 aromatic heterocycles. The first kappa shape index (κ1) is 75.2. The molecule has 0 saturated carbocycles. The van der Waals surface area contributed by atoms with Gasteiger partial charge >= 0.3 is 23.9 Å². The maximum absolute atomic E-state index is 13.2. The number of carboxylic acids is 1. The zero-order valence-corrected chi connectivity index (χ0v) is 51.5. The third kappa shape index (κ3) is 46.3. The van der Waals surface area contributed by atoms with Crippen LogP contribution in [-0.4, -0.2) is 89.2 Å². The maximum Gasteiger partial charge on any atom is 0.335 e. The summed E-state index contributed by atoms with van der Waals surface area (Å²) < 4.78 is 28.5. The SMILES string of the molecule is CCCCC/C=C\C/C=C\C/C=C\CCCCCCCCC(=O)OC1C(OCC(COC(=O)CCCCCCCCCCC/C=C\C/C=C\CCCCC)OC(=O)CCCCCCC/C=C\CCCCCC)OC(C(=O)O)C(O)C1O. The van der Waals surface area contributed by atoms with Crippen LogP contribution in [0.25, 0.3) is 0 Å². The highest BCUT2D eigenvalue weighted by atomic mass is 16.7. The quantitative estimate of drug-likeness (QED) is 0.0228. The zero-order chi connectivity index (χ0) is 58.9. The van der Waals surface area contributed by atoms with Gasteiger partial charge in [-0.3, -0.25) is 14.4 Å². The first-order valence-electron chi connectivity index (χ1n) is 32.9. The van der Waals surface area contributed by atoms with Crippen molar-refractivity contribution in [1.29, 1.82) is 0 Å². The van der Waals surface area contributed by atoms with Crippen LogP contribution in [0.5, 0.6) is 0 Å². The number of carboxylic acid groups (broad SMARTS) is 1. The minimum atomic E-state index is -1.91. The van der Waals surface area contributed by atoms with Crippen molar-refractivity contribution in [2.45, 2.75) is 327 Å². The normalized spacial score (nSPS) is 18.2. The summed E-state index contributed by atoms with van der Waals surface area (Å²) in [4.78, 5) is 51.3. The first-order valence-corrected chi connectivity index (χ1v) is 32.9. The third-order valence-electron chi connectivity index (χ3n) is 14.7. The van der Waals surface area contributed by atoms with Crippen LogP contribution in [0.4, 0.5) is 0 Å². The van der Waals surface area contributed by atoms with Gasteiger partial charge in [-0.2, -0.15) is 0 Å². The molecule has 6 atom stereocenters. The topological polar surface area (TPSA) is 175 Å². The number of rotatable bonds is 56. The second-order valence-corrected chi connectivity index (χ2v) is 22.4. The molecule has 1 aliphatic rings. The Morgan fingerprint density at radius 3 is 1.16 bits per heavy atom. The van der Waals surface area contributed by atoms with E-state index in [-0.39, 0.29) is 25.9 Å². The van der Waals surface area contributed by atoms with Gasteiger partial charge < -0.3 is 39.0 Å². The molecule has 1 rings (SSSR count). The van der Waals surface area contributed by atoms with Crippen molar-refractivity contribution in [3.8, 4) is 0 Å². The Morgan fingerprint density at radius 2 is 0.741 bits per heavy atom. The van der Waals surface area contributed by atoms with E-state index in [1.165, 1.54) is 109 Å². The number of carbonyl (C=O) groups excluding carboxylic acids is 3. The zero-order valence-electron chi connectivity index (χ0n) is 51.5. The summed E-state index contributed by atoms with van der Waals surface area (Å²) in [6.45, 7) is 5.94. The molecule has 0 bridgehead atoms. The van der Waals surface area contributed by atoms with Gasteiger partial charge in [0.2, 0.25) is 0 Å². The largest absolute Gasteiger partial charge is 0.479 e. The molecule has 1 fully saturated rings. The van der Waals surface area contributed by atoms with Crippen LogP contribution in [0.1, 0.15) is 290 Å². The highest BCUT2D eigenvalue weighted by molar-refractivity contribution is 5.74. The molecule has 0 aliphatic carbocycles. The average molecular weight is 1140 g/mol. The average Bonchev–Trinajstić information content (AvgIpc) is 3.54. The molecule has 1 saturated heterocycles. The lowest BCUT2D eigenvalue weighted by Gasteiger charge is -2.40. The minimum absolute atomic E-state index is 0.0436. The number of ether oxygens (including phenoxy) is 5. The molecule has 466 valence electrons. The molecule has 81 heavy (non-hydrogen) atoms. The fourth-order valence-electron chi connectivity index (χ4n) is 9.64. The van der Waals surface area contributed by atoms with E-state index < -0.39 is 67.3 Å². The molecule has 1 aliphatic heterocycles. The Bertz CT molecular complexity index is 1680. The summed E-state index contributed by atoms with van der Waals surface area (Å²) in [6, 6.07) is 0. The monoisotopic (exact) mass is 1140 g/mol. The summed E-state index contributed by atoms with van der Waals surface area (Å²) in [6.07, 6.45) is 59.9. The van der Waals surface area contributed by atoms with Gasteiger partial charge in [0, 0.05) is 19.3 Å². The van der Waals surface area contributed by atoms with Crippen molar-refractivity contribution in [2.24, 2.45) is 0 Å². The van der Waals surface area contributed by atoms with Crippen molar-refractivity contribution >= 4 is 23.9 Å². The summed E-state index contributed by atoms with van der Waals surface area (Å²) in [5, 5.41) is 31.6.